The number of unbranched alkanes of at least 4 members (excludes halogenated alkanes) is 3. The first-order chi connectivity index (χ1) is 11.2. The Morgan fingerprint density at radius 1 is 1.04 bits per heavy atom. The van der Waals surface area contributed by atoms with Gasteiger partial charge in [0.15, 0.2) is 0 Å². The van der Waals surface area contributed by atoms with Gasteiger partial charge in [-0.1, -0.05) is 68.4 Å². The molecule has 1 aliphatic rings. The van der Waals surface area contributed by atoms with Gasteiger partial charge in [0.05, 0.1) is 0 Å². The Labute approximate surface area is 141 Å². The zero-order valence-electron chi connectivity index (χ0n) is 14.5. The number of rotatable bonds is 13. The van der Waals surface area contributed by atoms with Crippen LogP contribution >= 0.6 is 0 Å². The lowest BCUT2D eigenvalue weighted by Gasteiger charge is -1.94. The van der Waals surface area contributed by atoms with Crippen LogP contribution < -0.4 is 0 Å². The summed E-state index contributed by atoms with van der Waals surface area (Å²) in [5, 5.41) is 8.61. The monoisotopic (exact) mass is 316 g/mol. The average molecular weight is 316 g/mol. The Balaban J connectivity index is 1.99. The van der Waals surface area contributed by atoms with Crippen LogP contribution in [-0.2, 0) is 4.79 Å². The number of hydrogen-bond acceptors (Lipinski definition) is 1. The highest BCUT2D eigenvalue weighted by Crippen LogP contribution is 2.43. The molecule has 1 aliphatic carbocycles. The molecule has 1 fully saturated rings. The number of carboxylic acid groups (broad SMARTS) is 1. The van der Waals surface area contributed by atoms with Crippen LogP contribution in [0.5, 0.6) is 0 Å². The number of carboxylic acids is 1. The molecule has 0 aliphatic heterocycles. The molecule has 0 saturated heterocycles. The van der Waals surface area contributed by atoms with E-state index in [0.29, 0.717) is 18.3 Å². The minimum Gasteiger partial charge on any atom is -0.481 e. The maximum Gasteiger partial charge on any atom is 0.303 e. The molecular weight excluding hydrogens is 284 g/mol. The molecule has 2 heteroatoms. The summed E-state index contributed by atoms with van der Waals surface area (Å²) in [5.74, 6) is 0.708. The molecule has 2 nitrogen and oxygen atoms in total. The van der Waals surface area contributed by atoms with Gasteiger partial charge in [0.2, 0.25) is 0 Å². The molecule has 2 atom stereocenters. The molecule has 128 valence electrons. The van der Waals surface area contributed by atoms with Crippen molar-refractivity contribution in [2.75, 3.05) is 0 Å². The van der Waals surface area contributed by atoms with E-state index in [1.807, 2.05) is 0 Å². The van der Waals surface area contributed by atoms with Gasteiger partial charge >= 0.3 is 5.97 Å². The van der Waals surface area contributed by atoms with Gasteiger partial charge in [0.25, 0.3) is 0 Å². The highest BCUT2D eigenvalue weighted by molar-refractivity contribution is 5.66. The lowest BCUT2D eigenvalue weighted by atomic mass is 10.1. The first kappa shape index (κ1) is 19.5. The van der Waals surface area contributed by atoms with Crippen LogP contribution in [-0.4, -0.2) is 11.1 Å². The second kappa shape index (κ2) is 12.9. The third-order valence-corrected chi connectivity index (χ3v) is 4.18. The summed E-state index contributed by atoms with van der Waals surface area (Å²) < 4.78 is 0. The Morgan fingerprint density at radius 2 is 1.87 bits per heavy atom. The molecule has 1 N–H and O–H groups in total. The molecule has 1 rings (SSSR count). The van der Waals surface area contributed by atoms with E-state index < -0.39 is 5.97 Å². The van der Waals surface area contributed by atoms with Gasteiger partial charge in [-0.15, -0.1) is 0 Å². The quantitative estimate of drug-likeness (QED) is 0.254. The smallest absolute Gasteiger partial charge is 0.303 e. The van der Waals surface area contributed by atoms with Gasteiger partial charge < -0.3 is 5.11 Å². The van der Waals surface area contributed by atoms with Crippen LogP contribution in [0, 0.1) is 11.8 Å². The van der Waals surface area contributed by atoms with E-state index in [2.05, 4.69) is 55.5 Å². The topological polar surface area (TPSA) is 37.3 Å². The summed E-state index contributed by atoms with van der Waals surface area (Å²) in [7, 11) is 0. The van der Waals surface area contributed by atoms with Crippen molar-refractivity contribution < 1.29 is 9.90 Å². The predicted molar refractivity (Wildman–Crippen MR) is 98.4 cm³/mol. The van der Waals surface area contributed by atoms with Crippen LogP contribution in [0.15, 0.2) is 48.6 Å². The second-order valence-electron chi connectivity index (χ2n) is 6.35. The van der Waals surface area contributed by atoms with E-state index in [0.717, 1.165) is 19.3 Å². The van der Waals surface area contributed by atoms with Gasteiger partial charge in [0.1, 0.15) is 0 Å². The van der Waals surface area contributed by atoms with Crippen molar-refractivity contribution in [1.82, 2.24) is 0 Å². The number of carbonyl (C=O) groups is 1. The van der Waals surface area contributed by atoms with Gasteiger partial charge in [-0.05, 0) is 50.4 Å². The minimum atomic E-state index is -0.678. The van der Waals surface area contributed by atoms with Gasteiger partial charge in [0, 0.05) is 6.42 Å². The van der Waals surface area contributed by atoms with E-state index >= 15 is 0 Å². The standard InChI is InChI=1S/C21H32O2/c1-2-3-4-5-6-7-8-9-10-11-12-13-15-19-18-20(19)16-14-17-21(22)23/h6-7,9-13,15,19-20H,2-5,8,14,16-18H2,1H3,(H,22,23)/b7-6-,10-9-,12-11+,15-13+/t19-,20-/m1/s1. The summed E-state index contributed by atoms with van der Waals surface area (Å²) in [6.07, 6.45) is 26.8. The van der Waals surface area contributed by atoms with Crippen LogP contribution in [0.4, 0.5) is 0 Å². The molecular formula is C21H32O2. The third kappa shape index (κ3) is 11.6. The fourth-order valence-corrected chi connectivity index (χ4v) is 2.65. The molecule has 0 aromatic heterocycles. The largest absolute Gasteiger partial charge is 0.481 e. The summed E-state index contributed by atoms with van der Waals surface area (Å²) in [4.78, 5) is 10.4. The van der Waals surface area contributed by atoms with Gasteiger partial charge in [-0.25, -0.2) is 0 Å². The first-order valence-corrected chi connectivity index (χ1v) is 9.10. The van der Waals surface area contributed by atoms with E-state index in [1.54, 1.807) is 0 Å². The molecule has 0 radical (unpaired) electrons. The average Bonchev–Trinajstić information content (AvgIpc) is 3.26. The van der Waals surface area contributed by atoms with Crippen LogP contribution in [0.2, 0.25) is 0 Å². The van der Waals surface area contributed by atoms with Crippen molar-refractivity contribution in [2.45, 2.75) is 64.7 Å². The normalized spacial score (nSPS) is 21.3. The Bertz CT molecular complexity index is 429. The molecule has 0 spiro atoms. The molecule has 0 bridgehead atoms. The van der Waals surface area contributed by atoms with Crippen molar-refractivity contribution in [3.63, 3.8) is 0 Å². The number of allylic oxidation sites excluding steroid dienone is 8. The highest BCUT2D eigenvalue weighted by atomic mass is 16.4. The third-order valence-electron chi connectivity index (χ3n) is 4.18. The number of hydrogen-bond donors (Lipinski definition) is 1. The lowest BCUT2D eigenvalue weighted by molar-refractivity contribution is -0.137. The summed E-state index contributed by atoms with van der Waals surface area (Å²) in [6, 6.07) is 0. The van der Waals surface area contributed by atoms with Gasteiger partial charge in [-0.3, -0.25) is 4.79 Å². The fraction of sp³-hybridized carbons (Fsp3) is 0.571. The number of aliphatic carboxylic acids is 1. The Kier molecular flexibility index (Phi) is 10.9. The molecule has 0 unspecified atom stereocenters. The summed E-state index contributed by atoms with van der Waals surface area (Å²) >= 11 is 0. The Morgan fingerprint density at radius 3 is 2.65 bits per heavy atom. The maximum absolute atomic E-state index is 10.4. The van der Waals surface area contributed by atoms with E-state index in [9.17, 15) is 4.79 Å². The van der Waals surface area contributed by atoms with Gasteiger partial charge in [-0.2, -0.15) is 0 Å². The molecule has 1 saturated carbocycles. The van der Waals surface area contributed by atoms with E-state index in [1.165, 1.54) is 32.1 Å². The summed E-state index contributed by atoms with van der Waals surface area (Å²) in [6.45, 7) is 2.23. The van der Waals surface area contributed by atoms with E-state index in [4.69, 9.17) is 5.11 Å². The molecule has 0 amide bonds. The zero-order valence-corrected chi connectivity index (χ0v) is 14.5. The van der Waals surface area contributed by atoms with E-state index in [-0.39, 0.29) is 0 Å². The lowest BCUT2D eigenvalue weighted by Crippen LogP contribution is -1.94. The second-order valence-corrected chi connectivity index (χ2v) is 6.35. The molecule has 23 heavy (non-hydrogen) atoms. The molecule has 0 heterocycles. The predicted octanol–water partition coefficient (Wildman–Crippen LogP) is 6.07. The summed E-state index contributed by atoms with van der Waals surface area (Å²) in [5.41, 5.74) is 0. The highest BCUT2D eigenvalue weighted by Gasteiger charge is 2.33. The van der Waals surface area contributed by atoms with Crippen molar-refractivity contribution in [2.24, 2.45) is 11.8 Å². The Hall–Kier alpha value is -1.57. The maximum atomic E-state index is 10.4. The van der Waals surface area contributed by atoms with Crippen LogP contribution in [0.1, 0.15) is 64.7 Å². The van der Waals surface area contributed by atoms with Crippen molar-refractivity contribution in [3.8, 4) is 0 Å². The van der Waals surface area contributed by atoms with Crippen molar-refractivity contribution in [3.05, 3.63) is 48.6 Å². The van der Waals surface area contributed by atoms with Crippen LogP contribution in [0.25, 0.3) is 0 Å². The minimum absolute atomic E-state index is 0.310. The molecule has 0 aromatic rings. The first-order valence-electron chi connectivity index (χ1n) is 9.10. The molecule has 0 aromatic carbocycles. The SMILES string of the molecule is CCCCC/C=C\C\C=C/C=C/C=C/[C@@H]1C[C@H]1CCCC(=O)O. The van der Waals surface area contributed by atoms with Crippen molar-refractivity contribution in [1.29, 1.82) is 0 Å². The zero-order chi connectivity index (χ0) is 16.8. The van der Waals surface area contributed by atoms with Crippen molar-refractivity contribution >= 4 is 5.97 Å². The van der Waals surface area contributed by atoms with Crippen LogP contribution in [0.3, 0.4) is 0 Å². The fourth-order valence-electron chi connectivity index (χ4n) is 2.65.